The first-order valence-electron chi connectivity index (χ1n) is 22.8. The summed E-state index contributed by atoms with van der Waals surface area (Å²) in [6.45, 7) is 21.4. The van der Waals surface area contributed by atoms with Crippen LogP contribution in [0.3, 0.4) is 0 Å². The van der Waals surface area contributed by atoms with Crippen LogP contribution in [0, 0.1) is 0 Å². The highest BCUT2D eigenvalue weighted by Crippen LogP contribution is 2.56. The predicted octanol–water partition coefficient (Wildman–Crippen LogP) is 12.0. The first kappa shape index (κ1) is 44.3. The minimum atomic E-state index is -0.957. The molecule has 0 saturated carbocycles. The Kier molecular flexibility index (Phi) is 13.9. The molecule has 1 fully saturated rings. The maximum atomic E-state index is 10.8. The number of fused-ring (bicyclic) bond motifs is 3. The van der Waals surface area contributed by atoms with E-state index in [2.05, 4.69) is 126 Å². The summed E-state index contributed by atoms with van der Waals surface area (Å²) >= 11 is 0. The fourth-order valence-electron chi connectivity index (χ4n) is 8.91. The quantitative estimate of drug-likeness (QED) is 0.0486. The van der Waals surface area contributed by atoms with E-state index in [1.165, 1.54) is 114 Å². The molecular weight excluding hydrogens is 711 g/mol. The summed E-state index contributed by atoms with van der Waals surface area (Å²) in [4.78, 5) is 0. The van der Waals surface area contributed by atoms with Crippen LogP contribution in [-0.2, 0) is 34.1 Å². The lowest BCUT2D eigenvalue weighted by molar-refractivity contribution is -0.146. The molecule has 1 aliphatic heterocycles. The second-order valence-electron chi connectivity index (χ2n) is 19.5. The molecule has 1 heterocycles. The van der Waals surface area contributed by atoms with Crippen molar-refractivity contribution in [1.82, 2.24) is 0 Å². The average Bonchev–Trinajstić information content (AvgIpc) is 3.59. The van der Waals surface area contributed by atoms with Gasteiger partial charge in [-0.05, 0) is 124 Å². The fourth-order valence-corrected chi connectivity index (χ4v) is 8.91. The zero-order valence-corrected chi connectivity index (χ0v) is 37.8. The van der Waals surface area contributed by atoms with Crippen molar-refractivity contribution in [2.75, 3.05) is 6.61 Å². The number of unbranched alkanes of at least 4 members (excludes halogenated alkanes) is 8. The van der Waals surface area contributed by atoms with Gasteiger partial charge >= 0.3 is 7.12 Å². The highest BCUT2D eigenvalue weighted by atomic mass is 16.7. The molecule has 1 unspecified atom stereocenters. The van der Waals surface area contributed by atoms with Gasteiger partial charge in [0.2, 0.25) is 0 Å². The fraction of sp³-hybridized carbons (Fsp3) is 0.547. The maximum Gasteiger partial charge on any atom is 0.732 e. The Labute approximate surface area is 352 Å². The zero-order valence-electron chi connectivity index (χ0n) is 37.8. The Hall–Kier alpha value is -3.22. The third-order valence-corrected chi connectivity index (χ3v) is 14.0. The van der Waals surface area contributed by atoms with Gasteiger partial charge in [0.1, 0.15) is 5.60 Å². The lowest BCUT2D eigenvalue weighted by Crippen LogP contribution is -2.47. The largest absolute Gasteiger partial charge is 0.732 e. The molecule has 0 spiro atoms. The summed E-state index contributed by atoms with van der Waals surface area (Å²) < 4.78 is 18.4. The molecule has 4 nitrogen and oxygen atoms in total. The number of hydrogen-bond acceptors (Lipinski definition) is 3. The van der Waals surface area contributed by atoms with Crippen LogP contribution in [0.25, 0.3) is 11.1 Å². The van der Waals surface area contributed by atoms with E-state index < -0.39 is 16.6 Å². The maximum absolute atomic E-state index is 10.8. The van der Waals surface area contributed by atoms with Crippen LogP contribution in [0.2, 0.25) is 0 Å². The molecule has 0 aromatic heterocycles. The predicted molar refractivity (Wildman–Crippen MR) is 246 cm³/mol. The van der Waals surface area contributed by atoms with E-state index in [1.54, 1.807) is 0 Å². The molecule has 5 heteroatoms. The van der Waals surface area contributed by atoms with Gasteiger partial charge in [-0.25, -0.2) is 0 Å². The van der Waals surface area contributed by atoms with Crippen LogP contribution in [0.4, 0.5) is 0 Å². The molecule has 0 amide bonds. The molecule has 2 N–H and O–H groups in total. The van der Waals surface area contributed by atoms with Crippen molar-refractivity contribution >= 4 is 12.6 Å². The molecule has 4 aromatic rings. The van der Waals surface area contributed by atoms with Gasteiger partial charge in [-0.1, -0.05) is 150 Å². The minimum Gasteiger partial charge on any atom is -0.505 e. The highest BCUT2D eigenvalue weighted by molar-refractivity contribution is 6.61. The molecule has 0 radical (unpaired) electrons. The van der Waals surface area contributed by atoms with Gasteiger partial charge in [0.25, 0.3) is 0 Å². The lowest BCUT2D eigenvalue weighted by atomic mass is 9.65. The molecule has 4 aromatic carbocycles. The van der Waals surface area contributed by atoms with Crippen molar-refractivity contribution in [3.05, 3.63) is 124 Å². The van der Waals surface area contributed by atoms with Gasteiger partial charge in [-0.2, -0.15) is 0 Å². The van der Waals surface area contributed by atoms with E-state index in [1.807, 2.05) is 27.7 Å². The third-order valence-electron chi connectivity index (χ3n) is 14.0. The molecule has 2 aliphatic rings. The summed E-state index contributed by atoms with van der Waals surface area (Å²) in [5.74, 6) is 0. The second-order valence-corrected chi connectivity index (χ2v) is 19.5. The van der Waals surface area contributed by atoms with Crippen molar-refractivity contribution in [1.29, 1.82) is 0 Å². The van der Waals surface area contributed by atoms with Crippen LogP contribution in [-0.4, -0.2) is 45.9 Å². The topological polar surface area (TPSA) is 51.5 Å². The van der Waals surface area contributed by atoms with E-state index in [4.69, 9.17) is 14.0 Å². The van der Waals surface area contributed by atoms with E-state index in [0.717, 1.165) is 24.7 Å². The molecule has 1 saturated heterocycles. The van der Waals surface area contributed by atoms with Gasteiger partial charge in [0.05, 0.1) is 23.2 Å². The average molecular weight is 786 g/mol. The zero-order chi connectivity index (χ0) is 41.8. The molecule has 6 rings (SSSR count). The summed E-state index contributed by atoms with van der Waals surface area (Å²) in [7, 11) is -0.340. The SMILES string of the molecule is CCCCCCCCc1cccc(C2(c3cccc(CCCCCC)c3)c3cc(CCOC(C)(C)C(C)(C)O)ccc3-c3ccc(B4OC(C)(C)C(C)(C)[OH+]4)cc32)c1. The van der Waals surface area contributed by atoms with E-state index in [9.17, 15) is 5.11 Å². The number of aliphatic hydroxyl groups is 2. The third kappa shape index (κ3) is 9.24. The Balaban J connectivity index is 1.52. The van der Waals surface area contributed by atoms with Crippen LogP contribution in [0.5, 0.6) is 0 Å². The number of hydrogen-bond donors (Lipinski definition) is 1. The van der Waals surface area contributed by atoms with Crippen molar-refractivity contribution < 1.29 is 19.2 Å². The number of aryl methyl sites for hydroxylation is 2. The first-order chi connectivity index (χ1) is 27.5. The molecule has 0 bridgehead atoms. The number of rotatable bonds is 20. The van der Waals surface area contributed by atoms with Crippen molar-refractivity contribution in [3.8, 4) is 11.1 Å². The van der Waals surface area contributed by atoms with Crippen LogP contribution < -0.4 is 5.46 Å². The minimum absolute atomic E-state index is 0.315. The van der Waals surface area contributed by atoms with Crippen molar-refractivity contribution in [2.24, 2.45) is 0 Å². The molecule has 312 valence electrons. The van der Waals surface area contributed by atoms with Gasteiger partial charge in [0.15, 0.2) is 5.60 Å². The lowest BCUT2D eigenvalue weighted by Gasteiger charge is -2.37. The Morgan fingerprint density at radius 2 is 1.14 bits per heavy atom. The van der Waals surface area contributed by atoms with E-state index in [-0.39, 0.29) is 18.3 Å². The number of ether oxygens (including phenoxy) is 1. The van der Waals surface area contributed by atoms with Gasteiger partial charge < -0.3 is 19.2 Å². The van der Waals surface area contributed by atoms with Crippen molar-refractivity contribution in [2.45, 2.75) is 181 Å². The van der Waals surface area contributed by atoms with Crippen LogP contribution in [0.1, 0.15) is 172 Å². The Morgan fingerprint density at radius 1 is 0.621 bits per heavy atom. The first-order valence-corrected chi connectivity index (χ1v) is 22.8. The van der Waals surface area contributed by atoms with Crippen LogP contribution >= 0.6 is 0 Å². The summed E-state index contributed by atoms with van der Waals surface area (Å²) in [6.07, 6.45) is 15.6. The normalized spacial score (nSPS) is 18.4. The van der Waals surface area contributed by atoms with Gasteiger partial charge in [0, 0.05) is 19.3 Å². The van der Waals surface area contributed by atoms with Gasteiger partial charge in [-0.15, -0.1) is 0 Å². The van der Waals surface area contributed by atoms with Gasteiger partial charge in [-0.3, -0.25) is 0 Å². The summed E-state index contributed by atoms with van der Waals surface area (Å²) in [6, 6.07) is 33.2. The Bertz CT molecular complexity index is 1970. The standard InChI is InChI=1S/C53H73BO4/c1-11-13-15-17-18-20-24-40-26-22-28-43(36-40)53(42-27-21-25-39(35-42)23-19-16-14-12-2)47-37-41(33-34-56-50(5,6)49(3,4)55)29-31-45(47)46-32-30-44(38-48(46)53)54-57-51(7,8)52(9,10)58-54/h21-22,25-32,35-38,55H,11-20,23-24,33-34H2,1-10H3/p+1. The van der Waals surface area contributed by atoms with E-state index in [0.29, 0.717) is 6.61 Å². The smallest absolute Gasteiger partial charge is 0.505 e. The second kappa shape index (κ2) is 18.2. The number of benzene rings is 4. The molecule has 1 aliphatic carbocycles. The summed E-state index contributed by atoms with van der Waals surface area (Å²) in [5.41, 5.74) is 10.1. The highest BCUT2D eigenvalue weighted by Gasteiger charge is 2.60. The summed E-state index contributed by atoms with van der Waals surface area (Å²) in [5, 5.41) is 10.8. The Morgan fingerprint density at radius 3 is 1.69 bits per heavy atom. The molecule has 58 heavy (non-hydrogen) atoms. The van der Waals surface area contributed by atoms with E-state index >= 15 is 0 Å². The molecular formula is C53H74BO4+. The van der Waals surface area contributed by atoms with Crippen LogP contribution in [0.15, 0.2) is 84.9 Å². The monoisotopic (exact) mass is 786 g/mol. The molecule has 1 atom stereocenters. The van der Waals surface area contributed by atoms with Crippen molar-refractivity contribution in [3.63, 3.8) is 0 Å².